The average molecular weight is 253 g/mol. The minimum Gasteiger partial charge on any atom is -0.479 e. The van der Waals surface area contributed by atoms with Crippen molar-refractivity contribution in [3.63, 3.8) is 0 Å². The van der Waals surface area contributed by atoms with Crippen LogP contribution >= 0.6 is 11.6 Å². The molecule has 1 atom stereocenters. The zero-order chi connectivity index (χ0) is 12.8. The van der Waals surface area contributed by atoms with E-state index in [4.69, 9.17) is 21.6 Å². The number of hydrogen-bond donors (Lipinski definition) is 1. The monoisotopic (exact) mass is 252 g/mol. The van der Waals surface area contributed by atoms with Gasteiger partial charge in [0.05, 0.1) is 16.7 Å². The van der Waals surface area contributed by atoms with Crippen LogP contribution in [0, 0.1) is 11.3 Å². The quantitative estimate of drug-likeness (QED) is 0.893. The molecule has 0 aliphatic heterocycles. The Kier molecular flexibility index (Phi) is 4.80. The maximum Gasteiger partial charge on any atom is 0.260 e. The van der Waals surface area contributed by atoms with Crippen LogP contribution in [0.1, 0.15) is 19.4 Å². The molecule has 90 valence electrons. The van der Waals surface area contributed by atoms with Crippen LogP contribution in [0.2, 0.25) is 5.02 Å². The zero-order valence-electron chi connectivity index (χ0n) is 9.66. The Hall–Kier alpha value is -1.73. The molecule has 1 N–H and O–H groups in total. The molecule has 0 unspecified atom stereocenters. The predicted octanol–water partition coefficient (Wildman–Crippen LogP) is 2.12. The summed E-state index contributed by atoms with van der Waals surface area (Å²) in [5, 5.41) is 11.6. The molecule has 0 aliphatic carbocycles. The first-order chi connectivity index (χ1) is 8.08. The van der Waals surface area contributed by atoms with Crippen LogP contribution in [-0.4, -0.2) is 18.6 Å². The van der Waals surface area contributed by atoms with Gasteiger partial charge in [-0.25, -0.2) is 0 Å². The van der Waals surface area contributed by atoms with Crippen LogP contribution in [0.25, 0.3) is 0 Å². The van der Waals surface area contributed by atoms with E-state index in [1.54, 1.807) is 19.1 Å². The number of nitriles is 1. The molecule has 0 aromatic heterocycles. The lowest BCUT2D eigenvalue weighted by Gasteiger charge is -2.14. The molecule has 1 rings (SSSR count). The summed E-state index contributed by atoms with van der Waals surface area (Å²) in [4.78, 5) is 11.5. The van der Waals surface area contributed by atoms with E-state index < -0.39 is 6.10 Å². The second-order valence-corrected chi connectivity index (χ2v) is 3.82. The third-order valence-corrected chi connectivity index (χ3v) is 2.38. The largest absolute Gasteiger partial charge is 0.479 e. The minimum atomic E-state index is -0.625. The number of nitrogens with one attached hydrogen (secondary N) is 1. The van der Waals surface area contributed by atoms with Crippen molar-refractivity contribution in [1.29, 1.82) is 5.26 Å². The molecule has 1 amide bonds. The van der Waals surface area contributed by atoms with Crippen molar-refractivity contribution in [1.82, 2.24) is 5.32 Å². The van der Waals surface area contributed by atoms with Gasteiger partial charge in [-0.1, -0.05) is 11.6 Å². The highest BCUT2D eigenvalue weighted by molar-refractivity contribution is 6.32. The van der Waals surface area contributed by atoms with Gasteiger partial charge in [-0.2, -0.15) is 5.26 Å². The molecule has 0 saturated heterocycles. The third kappa shape index (κ3) is 3.65. The van der Waals surface area contributed by atoms with Gasteiger partial charge in [0.25, 0.3) is 5.91 Å². The van der Waals surface area contributed by atoms with Crippen molar-refractivity contribution < 1.29 is 9.53 Å². The SMILES string of the molecule is CCNC(=O)[C@H](C)Oc1ccc(C#N)cc1Cl. The van der Waals surface area contributed by atoms with Crippen molar-refractivity contribution >= 4 is 17.5 Å². The molecule has 1 aromatic rings. The van der Waals surface area contributed by atoms with Gasteiger partial charge in [-0.15, -0.1) is 0 Å². The van der Waals surface area contributed by atoms with Crippen molar-refractivity contribution in [2.45, 2.75) is 20.0 Å². The number of ether oxygens (including phenoxy) is 1. The molecule has 1 aromatic carbocycles. The third-order valence-electron chi connectivity index (χ3n) is 2.08. The lowest BCUT2D eigenvalue weighted by atomic mass is 10.2. The summed E-state index contributed by atoms with van der Waals surface area (Å²) in [7, 11) is 0. The van der Waals surface area contributed by atoms with Crippen LogP contribution in [0.4, 0.5) is 0 Å². The number of rotatable bonds is 4. The fourth-order valence-corrected chi connectivity index (χ4v) is 1.45. The number of carbonyl (C=O) groups is 1. The Morgan fingerprint density at radius 2 is 2.35 bits per heavy atom. The summed E-state index contributed by atoms with van der Waals surface area (Å²) in [5.74, 6) is 0.192. The maximum absolute atomic E-state index is 11.5. The molecule has 0 aliphatic rings. The molecule has 0 fully saturated rings. The van der Waals surface area contributed by atoms with E-state index in [0.717, 1.165) is 0 Å². The molecule has 17 heavy (non-hydrogen) atoms. The topological polar surface area (TPSA) is 62.1 Å². The molecular formula is C12H13ClN2O2. The van der Waals surface area contributed by atoms with E-state index in [9.17, 15) is 4.79 Å². The standard InChI is InChI=1S/C12H13ClN2O2/c1-3-15-12(16)8(2)17-11-5-4-9(7-14)6-10(11)13/h4-6,8H,3H2,1-2H3,(H,15,16)/t8-/m0/s1. The van der Waals surface area contributed by atoms with Crippen LogP contribution in [0.3, 0.4) is 0 Å². The van der Waals surface area contributed by atoms with Crippen molar-refractivity contribution in [3.05, 3.63) is 28.8 Å². The van der Waals surface area contributed by atoms with E-state index in [2.05, 4.69) is 5.32 Å². The van der Waals surface area contributed by atoms with Gasteiger partial charge in [0, 0.05) is 6.54 Å². The number of nitrogens with zero attached hydrogens (tertiary/aromatic N) is 1. The van der Waals surface area contributed by atoms with Gasteiger partial charge in [-0.3, -0.25) is 4.79 Å². The van der Waals surface area contributed by atoms with Gasteiger partial charge in [0.1, 0.15) is 5.75 Å². The first-order valence-corrected chi connectivity index (χ1v) is 5.60. The molecular weight excluding hydrogens is 240 g/mol. The van der Waals surface area contributed by atoms with Gasteiger partial charge in [0.2, 0.25) is 0 Å². The number of amides is 1. The summed E-state index contributed by atoms with van der Waals surface area (Å²) in [6, 6.07) is 6.64. The van der Waals surface area contributed by atoms with E-state index >= 15 is 0 Å². The van der Waals surface area contributed by atoms with Crippen LogP contribution in [0.15, 0.2) is 18.2 Å². The lowest BCUT2D eigenvalue weighted by Crippen LogP contribution is -2.36. The Balaban J connectivity index is 2.75. The Morgan fingerprint density at radius 1 is 1.65 bits per heavy atom. The highest BCUT2D eigenvalue weighted by Gasteiger charge is 2.15. The maximum atomic E-state index is 11.5. The van der Waals surface area contributed by atoms with E-state index in [1.807, 2.05) is 13.0 Å². The summed E-state index contributed by atoms with van der Waals surface area (Å²) >= 11 is 5.93. The highest BCUT2D eigenvalue weighted by Crippen LogP contribution is 2.26. The summed E-state index contributed by atoms with van der Waals surface area (Å²) in [6.07, 6.45) is -0.625. The summed E-state index contributed by atoms with van der Waals surface area (Å²) in [6.45, 7) is 4.02. The fraction of sp³-hybridized carbons (Fsp3) is 0.333. The summed E-state index contributed by atoms with van der Waals surface area (Å²) in [5.41, 5.74) is 0.452. The molecule has 5 heteroatoms. The van der Waals surface area contributed by atoms with Crippen molar-refractivity contribution in [3.8, 4) is 11.8 Å². The van der Waals surface area contributed by atoms with E-state index in [0.29, 0.717) is 22.9 Å². The second kappa shape index (κ2) is 6.12. The van der Waals surface area contributed by atoms with Gasteiger partial charge in [-0.05, 0) is 32.0 Å². The highest BCUT2D eigenvalue weighted by atomic mass is 35.5. The summed E-state index contributed by atoms with van der Waals surface area (Å²) < 4.78 is 5.41. The molecule has 0 heterocycles. The Labute approximate surface area is 105 Å². The van der Waals surface area contributed by atoms with Gasteiger partial charge in [0.15, 0.2) is 6.10 Å². The number of hydrogen-bond acceptors (Lipinski definition) is 3. The smallest absolute Gasteiger partial charge is 0.260 e. The van der Waals surface area contributed by atoms with E-state index in [-0.39, 0.29) is 5.91 Å². The fourth-order valence-electron chi connectivity index (χ4n) is 1.23. The molecule has 0 spiro atoms. The Morgan fingerprint density at radius 3 is 2.88 bits per heavy atom. The average Bonchev–Trinajstić information content (AvgIpc) is 2.31. The van der Waals surface area contributed by atoms with E-state index in [1.165, 1.54) is 6.07 Å². The number of halogens is 1. The zero-order valence-corrected chi connectivity index (χ0v) is 10.4. The number of carbonyl (C=O) groups excluding carboxylic acids is 1. The van der Waals surface area contributed by atoms with Crippen LogP contribution in [0.5, 0.6) is 5.75 Å². The van der Waals surface area contributed by atoms with Crippen molar-refractivity contribution in [2.75, 3.05) is 6.54 Å². The first kappa shape index (κ1) is 13.3. The lowest BCUT2D eigenvalue weighted by molar-refractivity contribution is -0.127. The minimum absolute atomic E-state index is 0.201. The first-order valence-electron chi connectivity index (χ1n) is 5.22. The molecule has 4 nitrogen and oxygen atoms in total. The van der Waals surface area contributed by atoms with Gasteiger partial charge < -0.3 is 10.1 Å². The number of benzene rings is 1. The normalized spacial score (nSPS) is 11.4. The predicted molar refractivity (Wildman–Crippen MR) is 64.9 cm³/mol. The van der Waals surface area contributed by atoms with Gasteiger partial charge >= 0.3 is 0 Å². The van der Waals surface area contributed by atoms with Crippen molar-refractivity contribution in [2.24, 2.45) is 0 Å². The molecule has 0 saturated carbocycles. The Bertz CT molecular complexity index is 454. The van der Waals surface area contributed by atoms with Crippen LogP contribution in [-0.2, 0) is 4.79 Å². The van der Waals surface area contributed by atoms with Crippen LogP contribution < -0.4 is 10.1 Å². The number of likely N-dealkylation sites (N-methyl/N-ethyl adjacent to an activating group) is 1. The molecule has 0 radical (unpaired) electrons. The molecule has 0 bridgehead atoms. The second-order valence-electron chi connectivity index (χ2n) is 3.41.